The van der Waals surface area contributed by atoms with Gasteiger partial charge in [0.05, 0.1) is 24.1 Å². The maximum Gasteiger partial charge on any atom is 0.259 e. The number of aryl methyl sites for hydroxylation is 1. The van der Waals surface area contributed by atoms with Crippen LogP contribution >= 0.6 is 11.3 Å². The first-order valence-corrected chi connectivity index (χ1v) is 9.92. The third-order valence-electron chi connectivity index (χ3n) is 4.45. The molecule has 0 saturated carbocycles. The maximum absolute atomic E-state index is 13.4. The van der Waals surface area contributed by atoms with Gasteiger partial charge in [0.1, 0.15) is 17.3 Å². The number of ether oxygens (including phenoxy) is 1. The average molecular weight is 420 g/mol. The molecular weight excluding hydrogens is 403 g/mol. The second-order valence-corrected chi connectivity index (χ2v) is 7.29. The zero-order valence-corrected chi connectivity index (χ0v) is 17.0. The highest BCUT2D eigenvalue weighted by molar-refractivity contribution is 7.14. The molecule has 4 aromatic rings. The number of hydrogen-bond acceptors (Lipinski definition) is 6. The zero-order chi connectivity index (χ0) is 21.1. The molecule has 0 atom stereocenters. The van der Waals surface area contributed by atoms with Crippen molar-refractivity contribution in [1.29, 1.82) is 0 Å². The Hall–Kier alpha value is -3.65. The number of carbonyl (C=O) groups is 1. The lowest BCUT2D eigenvalue weighted by molar-refractivity contribution is 0.102. The van der Waals surface area contributed by atoms with Crippen molar-refractivity contribution in [3.63, 3.8) is 0 Å². The SMILES string of the molecule is COc1ccc(-c2ncccc2C(=O)Nc2nc(-c3cc(F)ccn3)cs2)c(C)c1. The fourth-order valence-electron chi connectivity index (χ4n) is 2.99. The first-order valence-electron chi connectivity index (χ1n) is 9.04. The summed E-state index contributed by atoms with van der Waals surface area (Å²) < 4.78 is 18.7. The van der Waals surface area contributed by atoms with Crippen molar-refractivity contribution < 1.29 is 13.9 Å². The highest BCUT2D eigenvalue weighted by Gasteiger charge is 2.17. The first kappa shape index (κ1) is 19.7. The molecule has 0 aliphatic rings. The number of nitrogens with zero attached hydrogens (tertiary/aromatic N) is 3. The number of aromatic nitrogens is 3. The second-order valence-electron chi connectivity index (χ2n) is 6.43. The minimum Gasteiger partial charge on any atom is -0.497 e. The van der Waals surface area contributed by atoms with Gasteiger partial charge >= 0.3 is 0 Å². The number of carbonyl (C=O) groups excluding carboxylic acids is 1. The molecular formula is C22H17FN4O2S. The van der Waals surface area contributed by atoms with Gasteiger partial charge in [-0.1, -0.05) is 0 Å². The van der Waals surface area contributed by atoms with Crippen LogP contribution in [-0.4, -0.2) is 28.0 Å². The van der Waals surface area contributed by atoms with Gasteiger partial charge in [0.15, 0.2) is 5.13 Å². The van der Waals surface area contributed by atoms with Gasteiger partial charge in [-0.2, -0.15) is 0 Å². The lowest BCUT2D eigenvalue weighted by atomic mass is 10.0. The Bertz CT molecular complexity index is 1230. The molecule has 150 valence electrons. The molecule has 1 aromatic carbocycles. The van der Waals surface area contributed by atoms with Gasteiger partial charge in [-0.25, -0.2) is 9.37 Å². The number of amides is 1. The molecule has 0 aliphatic carbocycles. The lowest BCUT2D eigenvalue weighted by Gasteiger charge is -2.11. The zero-order valence-electron chi connectivity index (χ0n) is 16.2. The number of benzene rings is 1. The fourth-order valence-corrected chi connectivity index (χ4v) is 3.69. The Morgan fingerprint density at radius 3 is 2.73 bits per heavy atom. The smallest absolute Gasteiger partial charge is 0.259 e. The van der Waals surface area contributed by atoms with Gasteiger partial charge in [-0.15, -0.1) is 11.3 Å². The van der Waals surface area contributed by atoms with Crippen LogP contribution in [0.1, 0.15) is 15.9 Å². The number of nitrogens with one attached hydrogen (secondary N) is 1. The summed E-state index contributed by atoms with van der Waals surface area (Å²) in [6, 6.07) is 11.6. The number of halogens is 1. The van der Waals surface area contributed by atoms with Gasteiger partial charge in [0.25, 0.3) is 5.91 Å². The monoisotopic (exact) mass is 420 g/mol. The summed E-state index contributed by atoms with van der Waals surface area (Å²) in [5.74, 6) is 0.00863. The Morgan fingerprint density at radius 1 is 1.10 bits per heavy atom. The molecule has 1 amide bonds. The molecule has 6 nitrogen and oxygen atoms in total. The Labute approximate surface area is 176 Å². The lowest BCUT2D eigenvalue weighted by Crippen LogP contribution is -2.14. The number of rotatable bonds is 5. The molecule has 0 fully saturated rings. The summed E-state index contributed by atoms with van der Waals surface area (Å²) in [7, 11) is 1.61. The molecule has 0 unspecified atom stereocenters. The fraction of sp³-hybridized carbons (Fsp3) is 0.0909. The van der Waals surface area contributed by atoms with Crippen molar-refractivity contribution in [2.45, 2.75) is 6.92 Å². The van der Waals surface area contributed by atoms with Crippen LogP contribution in [-0.2, 0) is 0 Å². The molecule has 1 N–H and O–H groups in total. The summed E-state index contributed by atoms with van der Waals surface area (Å²) >= 11 is 1.24. The highest BCUT2D eigenvalue weighted by atomic mass is 32.1. The van der Waals surface area contributed by atoms with Crippen molar-refractivity contribution in [2.75, 3.05) is 12.4 Å². The summed E-state index contributed by atoms with van der Waals surface area (Å²) in [6.45, 7) is 1.94. The second kappa shape index (κ2) is 8.38. The van der Waals surface area contributed by atoms with E-state index in [0.29, 0.717) is 27.8 Å². The number of anilines is 1. The van der Waals surface area contributed by atoms with Crippen LogP contribution < -0.4 is 10.1 Å². The molecule has 0 aliphatic heterocycles. The number of methoxy groups -OCH3 is 1. The maximum atomic E-state index is 13.4. The Morgan fingerprint density at radius 2 is 1.97 bits per heavy atom. The van der Waals surface area contributed by atoms with Gasteiger partial charge in [-0.05, 0) is 48.9 Å². The summed E-state index contributed by atoms with van der Waals surface area (Å²) in [6.07, 6.45) is 3.02. The van der Waals surface area contributed by atoms with E-state index in [9.17, 15) is 9.18 Å². The van der Waals surface area contributed by atoms with Crippen LogP contribution in [0.2, 0.25) is 0 Å². The molecule has 0 spiro atoms. The van der Waals surface area contributed by atoms with E-state index in [1.54, 1.807) is 30.8 Å². The van der Waals surface area contributed by atoms with Crippen LogP contribution in [0.3, 0.4) is 0 Å². The minimum atomic E-state index is -0.395. The van der Waals surface area contributed by atoms with Crippen LogP contribution in [0.25, 0.3) is 22.6 Å². The van der Waals surface area contributed by atoms with Crippen LogP contribution in [0, 0.1) is 12.7 Å². The van der Waals surface area contributed by atoms with Crippen molar-refractivity contribution >= 4 is 22.4 Å². The Balaban J connectivity index is 1.61. The molecule has 3 aromatic heterocycles. The van der Waals surface area contributed by atoms with Gasteiger partial charge in [0, 0.05) is 29.4 Å². The topological polar surface area (TPSA) is 77.0 Å². The molecule has 0 saturated heterocycles. The van der Waals surface area contributed by atoms with Gasteiger partial charge in [-0.3, -0.25) is 20.1 Å². The molecule has 0 bridgehead atoms. The van der Waals surface area contributed by atoms with E-state index in [1.807, 2.05) is 25.1 Å². The van der Waals surface area contributed by atoms with E-state index < -0.39 is 5.82 Å². The number of pyridine rings is 2. The van der Waals surface area contributed by atoms with E-state index in [4.69, 9.17) is 4.74 Å². The quantitative estimate of drug-likeness (QED) is 0.493. The molecule has 3 heterocycles. The van der Waals surface area contributed by atoms with Gasteiger partial charge < -0.3 is 4.74 Å². The minimum absolute atomic E-state index is 0.332. The van der Waals surface area contributed by atoms with E-state index in [0.717, 1.165) is 16.9 Å². The molecule has 30 heavy (non-hydrogen) atoms. The predicted molar refractivity (Wildman–Crippen MR) is 114 cm³/mol. The highest BCUT2D eigenvalue weighted by Crippen LogP contribution is 2.29. The first-order chi connectivity index (χ1) is 14.5. The normalized spacial score (nSPS) is 10.6. The number of thiazole rings is 1. The van der Waals surface area contributed by atoms with Crippen molar-refractivity contribution in [1.82, 2.24) is 15.0 Å². The summed E-state index contributed by atoms with van der Waals surface area (Å²) in [5, 5.41) is 4.91. The number of hydrogen-bond donors (Lipinski definition) is 1. The van der Waals surface area contributed by atoms with E-state index in [2.05, 4.69) is 20.3 Å². The van der Waals surface area contributed by atoms with E-state index >= 15 is 0 Å². The van der Waals surface area contributed by atoms with Crippen LogP contribution in [0.5, 0.6) is 5.75 Å². The van der Waals surface area contributed by atoms with E-state index in [-0.39, 0.29) is 5.91 Å². The van der Waals surface area contributed by atoms with Crippen molar-refractivity contribution in [2.24, 2.45) is 0 Å². The van der Waals surface area contributed by atoms with Crippen molar-refractivity contribution in [3.8, 4) is 28.4 Å². The largest absolute Gasteiger partial charge is 0.497 e. The van der Waals surface area contributed by atoms with E-state index in [1.165, 1.54) is 29.7 Å². The van der Waals surface area contributed by atoms with Crippen molar-refractivity contribution in [3.05, 3.63) is 77.2 Å². The predicted octanol–water partition coefficient (Wildman–Crippen LogP) is 4.98. The molecule has 0 radical (unpaired) electrons. The molecule has 4 rings (SSSR count). The van der Waals surface area contributed by atoms with Gasteiger partial charge in [0.2, 0.25) is 0 Å². The van der Waals surface area contributed by atoms with Crippen LogP contribution in [0.4, 0.5) is 9.52 Å². The summed E-state index contributed by atoms with van der Waals surface area (Å²) in [5.41, 5.74) is 3.67. The Kier molecular flexibility index (Phi) is 5.49. The standard InChI is InChI=1S/C22H17FN4O2S/c1-13-10-15(29-2)5-6-16(13)20-17(4-3-8-25-20)21(28)27-22-26-19(12-30-22)18-11-14(23)7-9-24-18/h3-12H,1-2H3,(H,26,27,28). The van der Waals surface area contributed by atoms with Crippen LogP contribution in [0.15, 0.2) is 60.2 Å². The third kappa shape index (κ3) is 4.04. The average Bonchev–Trinajstić information content (AvgIpc) is 3.22. The third-order valence-corrected chi connectivity index (χ3v) is 5.21. The summed E-state index contributed by atoms with van der Waals surface area (Å²) in [4.78, 5) is 25.8. The molecule has 8 heteroatoms.